The molecule has 0 unspecified atom stereocenters. The summed E-state index contributed by atoms with van der Waals surface area (Å²) < 4.78 is 18.1. The average molecular weight is 526 g/mol. The Morgan fingerprint density at radius 2 is 1.94 bits per heavy atom. The zero-order valence-electron chi connectivity index (χ0n) is 19.1. The van der Waals surface area contributed by atoms with E-state index < -0.39 is 5.91 Å². The zero-order chi connectivity index (χ0) is 24.2. The van der Waals surface area contributed by atoms with Crippen molar-refractivity contribution >= 4 is 39.6 Å². The molecular weight excluding hydrogens is 502 g/mol. The van der Waals surface area contributed by atoms with E-state index in [4.69, 9.17) is 24.5 Å². The Balaban J connectivity index is 1.51. The number of nitrogens with one attached hydrogen (secondary N) is 1. The standard InChI is InChI=1S/C25H24BrN3O5/c1-4-31-21-14-17(12-19-24(27)29-22(28-25(19)30)11-16(3)34-29)13-20(26)23(21)33-9-8-32-18-7-5-6-15(2)10-18/h5-7,10-14,27H,4,8-9H2,1-3H3/b19-12+,27-24?. The number of carbonyl (C=O) groups is 1. The number of carbonyl (C=O) groups excluding carboxylic acids is 1. The molecule has 2 aliphatic rings. The Labute approximate surface area is 206 Å². The first-order chi connectivity index (χ1) is 16.4. The van der Waals surface area contributed by atoms with Gasteiger partial charge in [-0.3, -0.25) is 10.2 Å². The molecule has 2 heterocycles. The minimum absolute atomic E-state index is 0.0780. The highest BCUT2D eigenvalue weighted by molar-refractivity contribution is 9.10. The largest absolute Gasteiger partial charge is 0.490 e. The number of rotatable bonds is 8. The summed E-state index contributed by atoms with van der Waals surface area (Å²) in [6, 6.07) is 11.4. The van der Waals surface area contributed by atoms with E-state index in [1.54, 1.807) is 31.2 Å². The third-order valence-corrected chi connectivity index (χ3v) is 5.50. The van der Waals surface area contributed by atoms with E-state index in [-0.39, 0.29) is 11.4 Å². The molecule has 0 saturated heterocycles. The Bertz CT molecular complexity index is 1240. The summed E-state index contributed by atoms with van der Waals surface area (Å²) in [5.74, 6) is 2.11. The van der Waals surface area contributed by atoms with Gasteiger partial charge < -0.3 is 19.0 Å². The average Bonchev–Trinajstić information content (AvgIpc) is 3.16. The van der Waals surface area contributed by atoms with Crippen molar-refractivity contribution < 1.29 is 23.8 Å². The Morgan fingerprint density at radius 3 is 2.71 bits per heavy atom. The van der Waals surface area contributed by atoms with Crippen LogP contribution in [0.2, 0.25) is 0 Å². The third-order valence-electron chi connectivity index (χ3n) is 4.91. The molecule has 0 bridgehead atoms. The van der Waals surface area contributed by atoms with Crippen LogP contribution in [-0.4, -0.2) is 42.5 Å². The topological polar surface area (TPSA) is 93.4 Å². The van der Waals surface area contributed by atoms with Crippen LogP contribution in [0.5, 0.6) is 17.2 Å². The first-order valence-corrected chi connectivity index (χ1v) is 11.5. The zero-order valence-corrected chi connectivity index (χ0v) is 20.6. The van der Waals surface area contributed by atoms with Crippen LogP contribution in [0.25, 0.3) is 6.08 Å². The number of aryl methyl sites for hydroxylation is 1. The molecule has 2 aromatic carbocycles. The Morgan fingerprint density at radius 1 is 1.15 bits per heavy atom. The maximum Gasteiger partial charge on any atom is 0.282 e. The maximum atomic E-state index is 12.5. The number of amidine groups is 2. The molecule has 1 amide bonds. The SMILES string of the molecule is CCOc1cc(/C=C2\C(=N)N3OC(C)=CC3=NC2=O)cc(Br)c1OCCOc1cccc(C)c1. The van der Waals surface area contributed by atoms with E-state index in [2.05, 4.69) is 20.9 Å². The summed E-state index contributed by atoms with van der Waals surface area (Å²) in [6.07, 6.45) is 3.20. The van der Waals surface area contributed by atoms with Gasteiger partial charge in [0.1, 0.15) is 24.7 Å². The second kappa shape index (κ2) is 10.1. The highest BCUT2D eigenvalue weighted by Crippen LogP contribution is 2.38. The first kappa shape index (κ1) is 23.6. The van der Waals surface area contributed by atoms with E-state index in [1.807, 2.05) is 38.1 Å². The summed E-state index contributed by atoms with van der Waals surface area (Å²) in [4.78, 5) is 22.0. The number of hydrogen-bond acceptors (Lipinski definition) is 6. The molecule has 8 nitrogen and oxygen atoms in total. The van der Waals surface area contributed by atoms with Crippen molar-refractivity contribution in [2.24, 2.45) is 4.99 Å². The first-order valence-electron chi connectivity index (χ1n) is 10.7. The van der Waals surface area contributed by atoms with Crippen LogP contribution in [-0.2, 0) is 9.63 Å². The fourth-order valence-corrected chi connectivity index (χ4v) is 4.02. The van der Waals surface area contributed by atoms with Gasteiger partial charge in [-0.15, -0.1) is 5.06 Å². The molecule has 34 heavy (non-hydrogen) atoms. The third kappa shape index (κ3) is 5.14. The van der Waals surface area contributed by atoms with Crippen LogP contribution >= 0.6 is 15.9 Å². The van der Waals surface area contributed by atoms with Crippen molar-refractivity contribution in [3.05, 3.63) is 69.4 Å². The number of hydroxylamine groups is 2. The molecule has 0 atom stereocenters. The minimum Gasteiger partial charge on any atom is -0.490 e. The lowest BCUT2D eigenvalue weighted by Crippen LogP contribution is -2.38. The van der Waals surface area contributed by atoms with Gasteiger partial charge in [0, 0.05) is 6.08 Å². The number of hydrogen-bond donors (Lipinski definition) is 1. The number of benzene rings is 2. The molecule has 0 saturated carbocycles. The number of amides is 1. The molecule has 176 valence electrons. The van der Waals surface area contributed by atoms with Crippen LogP contribution in [0.1, 0.15) is 25.0 Å². The summed E-state index contributed by atoms with van der Waals surface area (Å²) in [5, 5.41) is 9.62. The number of ether oxygens (including phenoxy) is 3. The molecule has 0 fully saturated rings. The van der Waals surface area contributed by atoms with E-state index in [1.165, 1.54) is 5.06 Å². The molecule has 0 aliphatic carbocycles. The van der Waals surface area contributed by atoms with Crippen LogP contribution in [0.3, 0.4) is 0 Å². The van der Waals surface area contributed by atoms with E-state index in [0.29, 0.717) is 53.0 Å². The quantitative estimate of drug-likeness (QED) is 0.382. The van der Waals surface area contributed by atoms with Gasteiger partial charge in [-0.1, -0.05) is 12.1 Å². The van der Waals surface area contributed by atoms with E-state index in [9.17, 15) is 4.79 Å². The minimum atomic E-state index is -0.506. The number of allylic oxidation sites excluding steroid dienone is 1. The molecule has 1 N–H and O–H groups in total. The lowest BCUT2D eigenvalue weighted by Gasteiger charge is -2.23. The van der Waals surface area contributed by atoms with Gasteiger partial charge in [0.05, 0.1) is 16.7 Å². The smallest absolute Gasteiger partial charge is 0.282 e. The van der Waals surface area contributed by atoms with Crippen molar-refractivity contribution in [3.63, 3.8) is 0 Å². The second-order valence-corrected chi connectivity index (χ2v) is 8.45. The van der Waals surface area contributed by atoms with Crippen molar-refractivity contribution in [2.75, 3.05) is 19.8 Å². The molecule has 0 aromatic heterocycles. The summed E-state index contributed by atoms with van der Waals surface area (Å²) in [7, 11) is 0. The Hall–Kier alpha value is -3.59. The van der Waals surface area contributed by atoms with Crippen molar-refractivity contribution in [1.29, 1.82) is 5.41 Å². The molecule has 2 aliphatic heterocycles. The monoisotopic (exact) mass is 525 g/mol. The van der Waals surface area contributed by atoms with Gasteiger partial charge in [-0.2, -0.15) is 4.99 Å². The predicted octanol–water partition coefficient (Wildman–Crippen LogP) is 5.06. The number of nitrogens with zero attached hydrogens (tertiary/aromatic N) is 2. The summed E-state index contributed by atoms with van der Waals surface area (Å²) in [5.41, 5.74) is 1.88. The lowest BCUT2D eigenvalue weighted by atomic mass is 10.1. The highest BCUT2D eigenvalue weighted by atomic mass is 79.9. The van der Waals surface area contributed by atoms with E-state index in [0.717, 1.165) is 11.3 Å². The van der Waals surface area contributed by atoms with Crippen LogP contribution in [0.15, 0.2) is 63.3 Å². The normalized spacial score (nSPS) is 16.1. The molecular formula is C25H24BrN3O5. The van der Waals surface area contributed by atoms with E-state index >= 15 is 0 Å². The summed E-state index contributed by atoms with van der Waals surface area (Å²) in [6.45, 7) is 6.72. The molecule has 2 aromatic rings. The molecule has 9 heteroatoms. The van der Waals surface area contributed by atoms with Gasteiger partial charge in [0.15, 0.2) is 23.2 Å². The lowest BCUT2D eigenvalue weighted by molar-refractivity contribution is -0.114. The maximum absolute atomic E-state index is 12.5. The summed E-state index contributed by atoms with van der Waals surface area (Å²) >= 11 is 3.54. The van der Waals surface area contributed by atoms with Gasteiger partial charge in [0.2, 0.25) is 0 Å². The van der Waals surface area contributed by atoms with Gasteiger partial charge in [-0.25, -0.2) is 0 Å². The number of halogens is 1. The van der Waals surface area contributed by atoms with Crippen LogP contribution in [0.4, 0.5) is 0 Å². The molecule has 0 spiro atoms. The number of aliphatic imine (C=N–C) groups is 1. The highest BCUT2D eigenvalue weighted by Gasteiger charge is 2.34. The Kier molecular flexibility index (Phi) is 7.02. The fourth-order valence-electron chi connectivity index (χ4n) is 3.45. The van der Waals surface area contributed by atoms with Gasteiger partial charge in [-0.05, 0) is 78.2 Å². The van der Waals surface area contributed by atoms with Crippen LogP contribution in [0, 0.1) is 12.3 Å². The van der Waals surface area contributed by atoms with Crippen molar-refractivity contribution in [1.82, 2.24) is 5.06 Å². The van der Waals surface area contributed by atoms with Crippen molar-refractivity contribution in [3.8, 4) is 17.2 Å². The number of fused-ring (bicyclic) bond motifs is 1. The molecule has 0 radical (unpaired) electrons. The fraction of sp³-hybridized carbons (Fsp3) is 0.240. The molecule has 4 rings (SSSR count). The van der Waals surface area contributed by atoms with Crippen LogP contribution < -0.4 is 14.2 Å². The van der Waals surface area contributed by atoms with Gasteiger partial charge >= 0.3 is 0 Å². The second-order valence-electron chi connectivity index (χ2n) is 7.60. The predicted molar refractivity (Wildman–Crippen MR) is 132 cm³/mol. The van der Waals surface area contributed by atoms with Gasteiger partial charge in [0.25, 0.3) is 5.91 Å². The van der Waals surface area contributed by atoms with Crippen molar-refractivity contribution in [2.45, 2.75) is 20.8 Å².